The highest BCUT2D eigenvalue weighted by atomic mass is 35.5. The highest BCUT2D eigenvalue weighted by molar-refractivity contribution is 6.30. The largest absolute Gasteiger partial charge is 0.493 e. The summed E-state index contributed by atoms with van der Waals surface area (Å²) in [5.74, 6) is 0.896. The van der Waals surface area contributed by atoms with Crippen LogP contribution in [0, 0.1) is 0 Å². The van der Waals surface area contributed by atoms with Gasteiger partial charge in [-0.3, -0.25) is 9.59 Å². The lowest BCUT2D eigenvalue weighted by atomic mass is 10.1. The summed E-state index contributed by atoms with van der Waals surface area (Å²) in [6.07, 6.45) is 0.656. The minimum atomic E-state index is -0.261. The fourth-order valence-corrected chi connectivity index (χ4v) is 4.06. The Bertz CT molecular complexity index is 1370. The summed E-state index contributed by atoms with van der Waals surface area (Å²) in [5.41, 5.74) is 2.43. The molecule has 3 aromatic carbocycles. The number of H-pyrrole nitrogens is 1. The monoisotopic (exact) mass is 476 g/mol. The lowest BCUT2D eigenvalue weighted by molar-refractivity contribution is 0.0744. The van der Waals surface area contributed by atoms with Crippen molar-refractivity contribution in [3.05, 3.63) is 105 Å². The first-order valence-corrected chi connectivity index (χ1v) is 11.2. The molecule has 0 bridgehead atoms. The molecule has 1 amide bonds. The van der Waals surface area contributed by atoms with Crippen LogP contribution < -0.4 is 15.0 Å². The summed E-state index contributed by atoms with van der Waals surface area (Å²) in [6.45, 7) is 0.594. The molecular formula is C27H25ClN2O4. The van der Waals surface area contributed by atoms with Crippen LogP contribution in [0.4, 0.5) is 0 Å². The fraction of sp³-hybridized carbons (Fsp3) is 0.185. The number of benzene rings is 3. The van der Waals surface area contributed by atoms with Gasteiger partial charge < -0.3 is 19.4 Å². The Morgan fingerprint density at radius 1 is 0.941 bits per heavy atom. The number of carbonyl (C=O) groups is 1. The second-order valence-corrected chi connectivity index (χ2v) is 8.33. The normalized spacial score (nSPS) is 10.8. The van der Waals surface area contributed by atoms with Gasteiger partial charge in [-0.05, 0) is 42.3 Å². The molecule has 0 atom stereocenters. The Kier molecular flexibility index (Phi) is 7.18. The van der Waals surface area contributed by atoms with Crippen LogP contribution in [0.5, 0.6) is 11.5 Å². The second-order valence-electron chi connectivity index (χ2n) is 7.89. The molecule has 4 rings (SSSR count). The fourth-order valence-electron chi connectivity index (χ4n) is 3.87. The van der Waals surface area contributed by atoms with E-state index >= 15 is 0 Å². The number of amides is 1. The molecular weight excluding hydrogens is 452 g/mol. The van der Waals surface area contributed by atoms with Gasteiger partial charge in [0.25, 0.3) is 11.5 Å². The number of hydrogen-bond acceptors (Lipinski definition) is 4. The molecule has 1 heterocycles. The minimum absolute atomic E-state index is 0.151. The molecule has 0 saturated carbocycles. The second kappa shape index (κ2) is 10.4. The van der Waals surface area contributed by atoms with Crippen LogP contribution in [-0.2, 0) is 13.0 Å². The van der Waals surface area contributed by atoms with Crippen molar-refractivity contribution >= 4 is 28.4 Å². The van der Waals surface area contributed by atoms with Crippen molar-refractivity contribution in [2.45, 2.75) is 13.0 Å². The van der Waals surface area contributed by atoms with Gasteiger partial charge in [-0.2, -0.15) is 0 Å². The van der Waals surface area contributed by atoms with Gasteiger partial charge in [0.15, 0.2) is 11.5 Å². The van der Waals surface area contributed by atoms with Gasteiger partial charge in [-0.1, -0.05) is 48.0 Å². The number of fused-ring (bicyclic) bond motifs is 1. The van der Waals surface area contributed by atoms with Gasteiger partial charge in [-0.25, -0.2) is 0 Å². The standard InChI is InChI=1S/C27H25ClN2O4/c1-33-24-15-20-13-21(26(31)29-23(20)16-25(24)34-2)17-30(12-11-18-7-4-3-5-8-18)27(32)19-9-6-10-22(28)14-19/h3-10,13-16H,11-12,17H2,1-2H3,(H,29,31). The molecule has 1 N–H and O–H groups in total. The predicted octanol–water partition coefficient (Wildman–Crippen LogP) is 5.08. The third-order valence-corrected chi connectivity index (χ3v) is 5.89. The van der Waals surface area contributed by atoms with Gasteiger partial charge >= 0.3 is 0 Å². The van der Waals surface area contributed by atoms with E-state index in [2.05, 4.69) is 4.98 Å². The van der Waals surface area contributed by atoms with Gasteiger partial charge in [0.1, 0.15) is 0 Å². The summed E-state index contributed by atoms with van der Waals surface area (Å²) >= 11 is 6.12. The molecule has 174 valence electrons. The third-order valence-electron chi connectivity index (χ3n) is 5.66. The highest BCUT2D eigenvalue weighted by Crippen LogP contribution is 2.31. The highest BCUT2D eigenvalue weighted by Gasteiger charge is 2.19. The molecule has 0 fully saturated rings. The molecule has 0 saturated heterocycles. The minimum Gasteiger partial charge on any atom is -0.493 e. The molecule has 7 heteroatoms. The summed E-state index contributed by atoms with van der Waals surface area (Å²) in [4.78, 5) is 30.9. The first-order valence-electron chi connectivity index (χ1n) is 10.8. The molecule has 34 heavy (non-hydrogen) atoms. The molecule has 0 aliphatic heterocycles. The average Bonchev–Trinajstić information content (AvgIpc) is 2.86. The van der Waals surface area contributed by atoms with E-state index in [4.69, 9.17) is 21.1 Å². The first kappa shape index (κ1) is 23.4. The van der Waals surface area contributed by atoms with E-state index in [9.17, 15) is 9.59 Å². The van der Waals surface area contributed by atoms with Crippen LogP contribution in [0.15, 0.2) is 77.6 Å². The molecule has 6 nitrogen and oxygen atoms in total. The predicted molar refractivity (Wildman–Crippen MR) is 134 cm³/mol. The van der Waals surface area contributed by atoms with Crippen LogP contribution in [0.2, 0.25) is 5.02 Å². The Labute approximate surface area is 202 Å². The zero-order chi connectivity index (χ0) is 24.1. The van der Waals surface area contributed by atoms with E-state index in [1.54, 1.807) is 61.6 Å². The summed E-state index contributed by atoms with van der Waals surface area (Å²) in [5, 5.41) is 1.27. The van der Waals surface area contributed by atoms with Crippen LogP contribution in [0.25, 0.3) is 10.9 Å². The Balaban J connectivity index is 1.68. The molecule has 0 aliphatic carbocycles. The number of pyridine rings is 1. The molecule has 1 aromatic heterocycles. The van der Waals surface area contributed by atoms with Gasteiger partial charge in [0, 0.05) is 34.1 Å². The molecule has 0 radical (unpaired) electrons. The number of hydrogen-bond donors (Lipinski definition) is 1. The van der Waals surface area contributed by atoms with Crippen molar-refractivity contribution < 1.29 is 14.3 Å². The molecule has 0 unspecified atom stereocenters. The van der Waals surface area contributed by atoms with Crippen LogP contribution in [0.1, 0.15) is 21.5 Å². The third kappa shape index (κ3) is 5.24. The van der Waals surface area contributed by atoms with Crippen molar-refractivity contribution in [2.75, 3.05) is 20.8 Å². The molecule has 4 aromatic rings. The summed E-state index contributed by atoms with van der Waals surface area (Å²) in [7, 11) is 3.10. The zero-order valence-electron chi connectivity index (χ0n) is 19.0. The average molecular weight is 477 g/mol. The van der Waals surface area contributed by atoms with Crippen molar-refractivity contribution in [1.82, 2.24) is 9.88 Å². The van der Waals surface area contributed by atoms with Crippen LogP contribution in [-0.4, -0.2) is 36.6 Å². The van der Waals surface area contributed by atoms with Crippen LogP contribution in [0.3, 0.4) is 0 Å². The lowest BCUT2D eigenvalue weighted by Crippen LogP contribution is -2.34. The Morgan fingerprint density at radius 2 is 1.68 bits per heavy atom. The maximum Gasteiger partial charge on any atom is 0.254 e. The first-order chi connectivity index (χ1) is 16.5. The summed E-state index contributed by atoms with van der Waals surface area (Å²) in [6, 6.07) is 22.1. The lowest BCUT2D eigenvalue weighted by Gasteiger charge is -2.23. The molecule has 0 aliphatic rings. The number of methoxy groups -OCH3 is 2. The van der Waals surface area contributed by atoms with Crippen molar-refractivity contribution in [1.29, 1.82) is 0 Å². The van der Waals surface area contributed by atoms with Crippen molar-refractivity contribution in [3.8, 4) is 11.5 Å². The van der Waals surface area contributed by atoms with Crippen molar-refractivity contribution in [3.63, 3.8) is 0 Å². The summed E-state index contributed by atoms with van der Waals surface area (Å²) < 4.78 is 10.7. The van der Waals surface area contributed by atoms with Gasteiger partial charge in [-0.15, -0.1) is 0 Å². The maximum atomic E-state index is 13.4. The topological polar surface area (TPSA) is 71.6 Å². The number of aromatic nitrogens is 1. The van der Waals surface area contributed by atoms with E-state index in [1.165, 1.54) is 0 Å². The van der Waals surface area contributed by atoms with Gasteiger partial charge in [0.05, 0.1) is 26.3 Å². The Morgan fingerprint density at radius 3 is 2.38 bits per heavy atom. The van der Waals surface area contributed by atoms with E-state index < -0.39 is 0 Å². The number of nitrogens with one attached hydrogen (secondary N) is 1. The zero-order valence-corrected chi connectivity index (χ0v) is 19.8. The maximum absolute atomic E-state index is 13.4. The number of nitrogens with zero attached hydrogens (tertiary/aromatic N) is 1. The smallest absolute Gasteiger partial charge is 0.254 e. The van der Waals surface area contributed by atoms with E-state index in [0.29, 0.717) is 46.1 Å². The number of ether oxygens (including phenoxy) is 2. The Hall–Kier alpha value is -3.77. The molecule has 0 spiro atoms. The van der Waals surface area contributed by atoms with E-state index in [1.807, 2.05) is 30.3 Å². The van der Waals surface area contributed by atoms with Gasteiger partial charge in [0.2, 0.25) is 0 Å². The van der Waals surface area contributed by atoms with E-state index in [0.717, 1.165) is 10.9 Å². The number of halogens is 1. The number of aromatic amines is 1. The van der Waals surface area contributed by atoms with Crippen LogP contribution >= 0.6 is 11.6 Å². The van der Waals surface area contributed by atoms with E-state index in [-0.39, 0.29) is 18.0 Å². The number of rotatable bonds is 8. The SMILES string of the molecule is COc1cc2cc(CN(CCc3ccccc3)C(=O)c3cccc(Cl)c3)c(=O)[nH]c2cc1OC. The quantitative estimate of drug-likeness (QED) is 0.385. The number of carbonyl (C=O) groups excluding carboxylic acids is 1. The van der Waals surface area contributed by atoms with Crippen molar-refractivity contribution in [2.24, 2.45) is 0 Å².